The number of nitrogens with zero attached hydrogens (tertiary/aromatic N) is 6. The first-order chi connectivity index (χ1) is 8.79. The molecule has 0 bridgehead atoms. The van der Waals surface area contributed by atoms with E-state index < -0.39 is 0 Å². The number of aromatic nitrogens is 6. The fourth-order valence-corrected chi connectivity index (χ4v) is 1.70. The fraction of sp³-hybridized carbons (Fsp3) is 0.545. The van der Waals surface area contributed by atoms with Crippen molar-refractivity contribution in [2.24, 2.45) is 7.05 Å². The van der Waals surface area contributed by atoms with Crippen molar-refractivity contribution >= 4 is 0 Å². The molecule has 7 nitrogen and oxygen atoms in total. The Morgan fingerprint density at radius 2 is 2.11 bits per heavy atom. The summed E-state index contributed by atoms with van der Waals surface area (Å²) in [6.07, 6.45) is 6.91. The second kappa shape index (κ2) is 6.15. The van der Waals surface area contributed by atoms with E-state index in [0.29, 0.717) is 6.42 Å². The van der Waals surface area contributed by atoms with Gasteiger partial charge in [-0.05, 0) is 18.2 Å². The summed E-state index contributed by atoms with van der Waals surface area (Å²) in [5.41, 5.74) is 1.04. The van der Waals surface area contributed by atoms with E-state index in [0.717, 1.165) is 24.4 Å². The van der Waals surface area contributed by atoms with Crippen LogP contribution >= 0.6 is 0 Å². The lowest BCUT2D eigenvalue weighted by Crippen LogP contribution is -2.24. The van der Waals surface area contributed by atoms with Crippen LogP contribution in [0.4, 0.5) is 0 Å². The van der Waals surface area contributed by atoms with Crippen LogP contribution in [0.25, 0.3) is 0 Å². The summed E-state index contributed by atoms with van der Waals surface area (Å²) in [6.45, 7) is 3.06. The van der Waals surface area contributed by atoms with Crippen molar-refractivity contribution in [2.45, 2.75) is 25.8 Å². The zero-order chi connectivity index (χ0) is 12.8. The standard InChI is InChI=1S/C11H17N7/c1-3-4-14-10(9-6-12-8-13-7-9)5-11-15-17-18(2)16-11/h6-8,10,14H,3-5H2,1-2H3. The maximum atomic E-state index is 4.20. The van der Waals surface area contributed by atoms with Crippen LogP contribution in [-0.2, 0) is 13.5 Å². The summed E-state index contributed by atoms with van der Waals surface area (Å²) in [4.78, 5) is 9.56. The largest absolute Gasteiger partial charge is 0.309 e. The highest BCUT2D eigenvalue weighted by atomic mass is 15.6. The van der Waals surface area contributed by atoms with Gasteiger partial charge in [0.15, 0.2) is 5.82 Å². The van der Waals surface area contributed by atoms with E-state index in [4.69, 9.17) is 0 Å². The van der Waals surface area contributed by atoms with E-state index in [2.05, 4.69) is 37.6 Å². The molecule has 0 aliphatic carbocycles. The summed E-state index contributed by atoms with van der Waals surface area (Å²) < 4.78 is 0. The van der Waals surface area contributed by atoms with Crippen LogP contribution in [0.15, 0.2) is 18.7 Å². The SMILES string of the molecule is CCCNC(Cc1nnn(C)n1)c1cncnc1. The van der Waals surface area contributed by atoms with Gasteiger partial charge in [-0.3, -0.25) is 0 Å². The van der Waals surface area contributed by atoms with E-state index in [9.17, 15) is 0 Å². The molecule has 0 fully saturated rings. The van der Waals surface area contributed by atoms with Crippen LogP contribution in [0.3, 0.4) is 0 Å². The first-order valence-electron chi connectivity index (χ1n) is 6.00. The lowest BCUT2D eigenvalue weighted by atomic mass is 10.1. The molecule has 0 radical (unpaired) electrons. The molecule has 1 atom stereocenters. The Hall–Kier alpha value is -1.89. The Kier molecular flexibility index (Phi) is 4.30. The van der Waals surface area contributed by atoms with E-state index >= 15 is 0 Å². The van der Waals surface area contributed by atoms with E-state index in [1.165, 1.54) is 11.1 Å². The predicted octanol–water partition coefficient (Wildman–Crippen LogP) is 0.283. The molecule has 96 valence electrons. The van der Waals surface area contributed by atoms with E-state index in [1.54, 1.807) is 7.05 Å². The van der Waals surface area contributed by atoms with Crippen LogP contribution in [0, 0.1) is 0 Å². The number of rotatable bonds is 6. The summed E-state index contributed by atoms with van der Waals surface area (Å²) >= 11 is 0. The Bertz CT molecular complexity index is 467. The molecule has 0 saturated heterocycles. The zero-order valence-corrected chi connectivity index (χ0v) is 10.6. The van der Waals surface area contributed by atoms with Crippen molar-refractivity contribution in [1.82, 2.24) is 35.5 Å². The first-order valence-corrected chi connectivity index (χ1v) is 6.00. The minimum atomic E-state index is 0.121. The lowest BCUT2D eigenvalue weighted by molar-refractivity contribution is 0.514. The number of tetrazole rings is 1. The third-order valence-corrected chi connectivity index (χ3v) is 2.56. The van der Waals surface area contributed by atoms with Crippen LogP contribution < -0.4 is 5.32 Å². The van der Waals surface area contributed by atoms with E-state index in [1.807, 2.05) is 12.4 Å². The maximum absolute atomic E-state index is 4.20. The van der Waals surface area contributed by atoms with Crippen molar-refractivity contribution in [2.75, 3.05) is 6.54 Å². The topological polar surface area (TPSA) is 81.4 Å². The molecule has 0 aromatic carbocycles. The second-order valence-corrected chi connectivity index (χ2v) is 4.08. The normalized spacial score (nSPS) is 12.6. The zero-order valence-electron chi connectivity index (χ0n) is 10.6. The molecule has 2 aromatic heterocycles. The summed E-state index contributed by atoms with van der Waals surface area (Å²) in [6, 6.07) is 0.121. The molecule has 2 rings (SSSR count). The Labute approximate surface area is 106 Å². The molecule has 7 heteroatoms. The van der Waals surface area contributed by atoms with Gasteiger partial charge in [0.2, 0.25) is 0 Å². The number of nitrogens with one attached hydrogen (secondary N) is 1. The number of hydrogen-bond donors (Lipinski definition) is 1. The van der Waals surface area contributed by atoms with Crippen molar-refractivity contribution in [3.63, 3.8) is 0 Å². The minimum Gasteiger partial charge on any atom is -0.309 e. The summed E-state index contributed by atoms with van der Waals surface area (Å²) in [5, 5.41) is 15.5. The Morgan fingerprint density at radius 1 is 1.33 bits per heavy atom. The van der Waals surface area contributed by atoms with Gasteiger partial charge < -0.3 is 5.32 Å². The smallest absolute Gasteiger partial charge is 0.176 e. The molecule has 1 unspecified atom stereocenters. The van der Waals surface area contributed by atoms with Gasteiger partial charge >= 0.3 is 0 Å². The molecular weight excluding hydrogens is 230 g/mol. The average Bonchev–Trinajstić information content (AvgIpc) is 2.81. The average molecular weight is 247 g/mol. The summed E-state index contributed by atoms with van der Waals surface area (Å²) in [5.74, 6) is 0.718. The molecule has 0 amide bonds. The van der Waals surface area contributed by atoms with E-state index in [-0.39, 0.29) is 6.04 Å². The van der Waals surface area contributed by atoms with Gasteiger partial charge in [0.25, 0.3) is 0 Å². The molecule has 2 heterocycles. The van der Waals surface area contributed by atoms with Crippen LogP contribution in [0.5, 0.6) is 0 Å². The number of hydrogen-bond acceptors (Lipinski definition) is 6. The maximum Gasteiger partial charge on any atom is 0.176 e. The summed E-state index contributed by atoms with van der Waals surface area (Å²) in [7, 11) is 1.76. The highest BCUT2D eigenvalue weighted by molar-refractivity contribution is 5.11. The third-order valence-electron chi connectivity index (χ3n) is 2.56. The van der Waals surface area contributed by atoms with Gasteiger partial charge in [-0.2, -0.15) is 4.80 Å². The molecule has 2 aromatic rings. The molecule has 0 spiro atoms. The van der Waals surface area contributed by atoms with Crippen molar-refractivity contribution in [3.05, 3.63) is 30.1 Å². The van der Waals surface area contributed by atoms with Gasteiger partial charge in [0, 0.05) is 30.4 Å². The van der Waals surface area contributed by atoms with Crippen molar-refractivity contribution < 1.29 is 0 Å². The highest BCUT2D eigenvalue weighted by Gasteiger charge is 2.14. The van der Waals surface area contributed by atoms with Crippen LogP contribution in [0.2, 0.25) is 0 Å². The minimum absolute atomic E-state index is 0.121. The molecule has 0 aliphatic heterocycles. The highest BCUT2D eigenvalue weighted by Crippen LogP contribution is 2.14. The monoisotopic (exact) mass is 247 g/mol. The van der Waals surface area contributed by atoms with Crippen LogP contribution in [-0.4, -0.2) is 36.7 Å². The molecule has 0 saturated carbocycles. The predicted molar refractivity (Wildman–Crippen MR) is 65.6 cm³/mol. The Balaban J connectivity index is 2.10. The number of aryl methyl sites for hydroxylation is 1. The quantitative estimate of drug-likeness (QED) is 0.789. The molecule has 1 N–H and O–H groups in total. The van der Waals surface area contributed by atoms with Gasteiger partial charge in [-0.15, -0.1) is 10.2 Å². The van der Waals surface area contributed by atoms with Gasteiger partial charge in [-0.1, -0.05) is 6.92 Å². The fourth-order valence-electron chi connectivity index (χ4n) is 1.70. The molecule has 0 aliphatic rings. The second-order valence-electron chi connectivity index (χ2n) is 4.08. The van der Waals surface area contributed by atoms with Crippen molar-refractivity contribution in [1.29, 1.82) is 0 Å². The third kappa shape index (κ3) is 3.30. The van der Waals surface area contributed by atoms with Gasteiger partial charge in [-0.25, -0.2) is 9.97 Å². The first kappa shape index (κ1) is 12.6. The van der Waals surface area contributed by atoms with Gasteiger partial charge in [0.1, 0.15) is 6.33 Å². The molecule has 18 heavy (non-hydrogen) atoms. The van der Waals surface area contributed by atoms with Crippen molar-refractivity contribution in [3.8, 4) is 0 Å². The lowest BCUT2D eigenvalue weighted by Gasteiger charge is -2.16. The Morgan fingerprint density at radius 3 is 2.72 bits per heavy atom. The molecular formula is C11H17N7. The van der Waals surface area contributed by atoms with Crippen LogP contribution in [0.1, 0.15) is 30.8 Å². The van der Waals surface area contributed by atoms with Gasteiger partial charge in [0.05, 0.1) is 7.05 Å².